The lowest BCUT2D eigenvalue weighted by Crippen LogP contribution is -2.34. The number of carbonyl (C=O) groups is 1. The molecule has 1 atom stereocenters. The van der Waals surface area contributed by atoms with Gasteiger partial charge in [0.15, 0.2) is 0 Å². The number of nitrogens with one attached hydrogen (secondary N) is 1. The molecular weight excluding hydrogens is 350 g/mol. The highest BCUT2D eigenvalue weighted by molar-refractivity contribution is 5.90. The molecule has 1 N–H and O–H groups in total. The predicted octanol–water partition coefficient (Wildman–Crippen LogP) is 3.99. The zero-order valence-corrected chi connectivity index (χ0v) is 17.8. The van der Waals surface area contributed by atoms with E-state index in [-0.39, 0.29) is 6.03 Å². The lowest BCUT2D eigenvalue weighted by atomic mass is 10.1. The zero-order chi connectivity index (χ0) is 20.3. The smallest absolute Gasteiger partial charge is 0.321 e. The number of anilines is 1. The van der Waals surface area contributed by atoms with Gasteiger partial charge in [-0.1, -0.05) is 19.1 Å². The highest BCUT2D eigenvalue weighted by Gasteiger charge is 2.27. The van der Waals surface area contributed by atoms with Crippen molar-refractivity contribution in [2.75, 3.05) is 38.5 Å². The summed E-state index contributed by atoms with van der Waals surface area (Å²) >= 11 is 0. The standard InChI is InChI=1S/C22H33N5O/c1-6-10-25(5)14-19-9-11-26(15-19)22(28)24-20-13-23-27(18(20)4)21-12-16(2)7-8-17(21)3/h7-8,12-13,19H,6,9-11,14-15H2,1-5H3,(H,24,28). The summed E-state index contributed by atoms with van der Waals surface area (Å²) in [6.07, 6.45) is 3.98. The van der Waals surface area contributed by atoms with Crippen molar-refractivity contribution in [3.63, 3.8) is 0 Å². The largest absolute Gasteiger partial charge is 0.324 e. The molecule has 0 bridgehead atoms. The predicted molar refractivity (Wildman–Crippen MR) is 114 cm³/mol. The summed E-state index contributed by atoms with van der Waals surface area (Å²) in [5.41, 5.74) is 5.13. The molecule has 1 aliphatic heterocycles. The minimum atomic E-state index is -0.0238. The van der Waals surface area contributed by atoms with Gasteiger partial charge < -0.3 is 15.1 Å². The number of aromatic nitrogens is 2. The van der Waals surface area contributed by atoms with Crippen LogP contribution < -0.4 is 5.32 Å². The van der Waals surface area contributed by atoms with Crippen molar-refractivity contribution >= 4 is 11.7 Å². The molecule has 2 aromatic rings. The van der Waals surface area contributed by atoms with Gasteiger partial charge in [0.05, 0.1) is 23.3 Å². The van der Waals surface area contributed by atoms with Crippen LogP contribution in [0.3, 0.4) is 0 Å². The second-order valence-corrected chi connectivity index (χ2v) is 8.14. The molecule has 1 unspecified atom stereocenters. The first-order chi connectivity index (χ1) is 13.4. The summed E-state index contributed by atoms with van der Waals surface area (Å²) in [7, 11) is 2.16. The van der Waals surface area contributed by atoms with Gasteiger partial charge in [-0.15, -0.1) is 0 Å². The van der Waals surface area contributed by atoms with E-state index in [1.54, 1.807) is 6.20 Å². The summed E-state index contributed by atoms with van der Waals surface area (Å²) in [5, 5.41) is 7.58. The topological polar surface area (TPSA) is 53.4 Å². The first-order valence-electron chi connectivity index (χ1n) is 10.3. The molecule has 6 nitrogen and oxygen atoms in total. The maximum absolute atomic E-state index is 12.8. The number of nitrogens with zero attached hydrogens (tertiary/aromatic N) is 4. The molecule has 1 aromatic heterocycles. The summed E-state index contributed by atoms with van der Waals surface area (Å²) in [5.74, 6) is 0.557. The second-order valence-electron chi connectivity index (χ2n) is 8.14. The van der Waals surface area contributed by atoms with Crippen LogP contribution in [0, 0.1) is 26.7 Å². The minimum Gasteiger partial charge on any atom is -0.324 e. The molecule has 0 saturated carbocycles. The number of hydrogen-bond acceptors (Lipinski definition) is 3. The van der Waals surface area contributed by atoms with Gasteiger partial charge >= 0.3 is 6.03 Å². The highest BCUT2D eigenvalue weighted by atomic mass is 16.2. The Hall–Kier alpha value is -2.34. The van der Waals surface area contributed by atoms with E-state index in [4.69, 9.17) is 0 Å². The van der Waals surface area contributed by atoms with Crippen LogP contribution in [0.5, 0.6) is 0 Å². The first kappa shape index (κ1) is 20.4. The highest BCUT2D eigenvalue weighted by Crippen LogP contribution is 2.23. The van der Waals surface area contributed by atoms with E-state index in [1.165, 1.54) is 5.56 Å². The van der Waals surface area contributed by atoms with Gasteiger partial charge in [0.25, 0.3) is 0 Å². The maximum atomic E-state index is 12.8. The van der Waals surface area contributed by atoms with Crippen LogP contribution >= 0.6 is 0 Å². The van der Waals surface area contributed by atoms with Gasteiger partial charge in [-0.25, -0.2) is 9.48 Å². The Kier molecular flexibility index (Phi) is 6.39. The Morgan fingerprint density at radius 3 is 2.86 bits per heavy atom. The second kappa shape index (κ2) is 8.78. The quantitative estimate of drug-likeness (QED) is 0.820. The SMILES string of the molecule is CCCN(C)CC1CCN(C(=O)Nc2cnn(-c3cc(C)ccc3C)c2C)C1. The number of benzene rings is 1. The van der Waals surface area contributed by atoms with Crippen LogP contribution in [0.25, 0.3) is 5.69 Å². The third-order valence-electron chi connectivity index (χ3n) is 5.59. The molecule has 6 heteroatoms. The van der Waals surface area contributed by atoms with E-state index in [0.717, 1.165) is 61.7 Å². The van der Waals surface area contributed by atoms with Crippen molar-refractivity contribution in [3.05, 3.63) is 41.2 Å². The molecule has 0 aliphatic carbocycles. The fourth-order valence-electron chi connectivity index (χ4n) is 4.00. The molecule has 152 valence electrons. The molecular formula is C22H33N5O. The van der Waals surface area contributed by atoms with Crippen LogP contribution in [0.15, 0.2) is 24.4 Å². The fraction of sp³-hybridized carbons (Fsp3) is 0.545. The monoisotopic (exact) mass is 383 g/mol. The molecule has 1 aliphatic rings. The van der Waals surface area contributed by atoms with E-state index < -0.39 is 0 Å². The summed E-state index contributed by atoms with van der Waals surface area (Å²) < 4.78 is 1.91. The number of aryl methyl sites for hydroxylation is 2. The summed E-state index contributed by atoms with van der Waals surface area (Å²) in [4.78, 5) is 17.1. The van der Waals surface area contributed by atoms with Gasteiger partial charge in [0.1, 0.15) is 0 Å². The first-order valence-corrected chi connectivity index (χ1v) is 10.3. The van der Waals surface area contributed by atoms with Crippen molar-refractivity contribution < 1.29 is 4.79 Å². The fourth-order valence-corrected chi connectivity index (χ4v) is 4.00. The molecule has 1 aromatic carbocycles. The molecule has 28 heavy (non-hydrogen) atoms. The van der Waals surface area contributed by atoms with E-state index in [9.17, 15) is 4.79 Å². The third kappa shape index (κ3) is 4.55. The molecule has 0 spiro atoms. The average molecular weight is 384 g/mol. The van der Waals surface area contributed by atoms with E-state index in [2.05, 4.69) is 61.3 Å². The van der Waals surface area contributed by atoms with Crippen molar-refractivity contribution in [2.45, 2.75) is 40.5 Å². The minimum absolute atomic E-state index is 0.0238. The van der Waals surface area contributed by atoms with Crippen LogP contribution in [-0.4, -0.2) is 58.8 Å². The van der Waals surface area contributed by atoms with E-state index >= 15 is 0 Å². The summed E-state index contributed by atoms with van der Waals surface area (Å²) in [6.45, 7) is 12.2. The number of urea groups is 1. The Morgan fingerprint density at radius 1 is 1.32 bits per heavy atom. The van der Waals surface area contributed by atoms with Gasteiger partial charge in [-0.2, -0.15) is 5.10 Å². The number of amides is 2. The average Bonchev–Trinajstić information content (AvgIpc) is 3.25. The number of hydrogen-bond donors (Lipinski definition) is 1. The molecule has 3 rings (SSSR count). The maximum Gasteiger partial charge on any atom is 0.321 e. The van der Waals surface area contributed by atoms with Crippen molar-refractivity contribution in [1.82, 2.24) is 19.6 Å². The van der Waals surface area contributed by atoms with E-state index in [0.29, 0.717) is 5.92 Å². The lowest BCUT2D eigenvalue weighted by Gasteiger charge is -2.21. The van der Waals surface area contributed by atoms with Gasteiger partial charge in [0, 0.05) is 19.6 Å². The van der Waals surface area contributed by atoms with Crippen molar-refractivity contribution in [2.24, 2.45) is 5.92 Å². The Balaban J connectivity index is 1.64. The number of rotatable bonds is 6. The van der Waals surface area contributed by atoms with E-state index in [1.807, 2.05) is 16.5 Å². The van der Waals surface area contributed by atoms with Crippen molar-refractivity contribution in [1.29, 1.82) is 0 Å². The molecule has 2 amide bonds. The van der Waals surface area contributed by atoms with Gasteiger partial charge in [-0.3, -0.25) is 0 Å². The van der Waals surface area contributed by atoms with Gasteiger partial charge in [0.2, 0.25) is 0 Å². The van der Waals surface area contributed by atoms with Gasteiger partial charge in [-0.05, 0) is 70.3 Å². The Bertz CT molecular complexity index is 828. The molecule has 2 heterocycles. The zero-order valence-electron chi connectivity index (χ0n) is 17.8. The van der Waals surface area contributed by atoms with Crippen molar-refractivity contribution in [3.8, 4) is 5.69 Å². The Labute approximate surface area is 168 Å². The molecule has 1 fully saturated rings. The van der Waals surface area contributed by atoms with Crippen LogP contribution in [0.2, 0.25) is 0 Å². The summed E-state index contributed by atoms with van der Waals surface area (Å²) in [6, 6.07) is 6.30. The molecule has 0 radical (unpaired) electrons. The number of carbonyl (C=O) groups excluding carboxylic acids is 1. The normalized spacial score (nSPS) is 16.8. The van der Waals surface area contributed by atoms with Crippen LogP contribution in [0.1, 0.15) is 36.6 Å². The Morgan fingerprint density at radius 2 is 2.11 bits per heavy atom. The number of likely N-dealkylation sites (tertiary alicyclic amines) is 1. The van der Waals surface area contributed by atoms with Crippen LogP contribution in [0.4, 0.5) is 10.5 Å². The lowest BCUT2D eigenvalue weighted by molar-refractivity contribution is 0.217. The third-order valence-corrected chi connectivity index (χ3v) is 5.59. The molecule has 1 saturated heterocycles. The van der Waals surface area contributed by atoms with Crippen LogP contribution in [-0.2, 0) is 0 Å².